The van der Waals surface area contributed by atoms with Crippen LogP contribution in [-0.4, -0.2) is 58.0 Å². The van der Waals surface area contributed by atoms with E-state index in [1.165, 1.54) is 0 Å². The van der Waals surface area contributed by atoms with Crippen LogP contribution in [0.5, 0.6) is 0 Å². The number of likely N-dealkylation sites (tertiary alicyclic amines) is 1. The van der Waals surface area contributed by atoms with Gasteiger partial charge in [-0.3, -0.25) is 9.59 Å². The standard InChI is InChI=1S/C23H29N5O3/c1-13-20(27-23-24-8-3-9-25-23)18-10-16(22(30)26-17-11-31-12-17)6-7-19(18)28(14(2)29)21(13)15-4-5-15/h3,6-9,13,15,17-18,20-21H,4-5,10-12H2,1-2H3,(H,26,30)(H,24,25,27)/t13-,18?,20-,21-/m1/s1. The van der Waals surface area contributed by atoms with Gasteiger partial charge in [0.2, 0.25) is 17.8 Å². The van der Waals surface area contributed by atoms with Crippen molar-refractivity contribution in [1.29, 1.82) is 0 Å². The number of aromatic nitrogens is 2. The molecule has 2 aliphatic heterocycles. The molecule has 164 valence electrons. The molecular formula is C23H29N5O3. The number of ether oxygens (including phenoxy) is 1. The van der Waals surface area contributed by atoms with Gasteiger partial charge in [-0.1, -0.05) is 13.0 Å². The highest BCUT2D eigenvalue weighted by atomic mass is 16.5. The van der Waals surface area contributed by atoms with E-state index in [9.17, 15) is 9.59 Å². The summed E-state index contributed by atoms with van der Waals surface area (Å²) in [6.07, 6.45) is 10.2. The molecular weight excluding hydrogens is 394 g/mol. The first kappa shape index (κ1) is 20.2. The maximum atomic E-state index is 12.8. The van der Waals surface area contributed by atoms with Crippen molar-refractivity contribution in [2.45, 2.75) is 51.2 Å². The third-order valence-corrected chi connectivity index (χ3v) is 6.96. The SMILES string of the molecule is CC(=O)N1C2=CC=C(C(=O)NC3COC3)CC2[C@H](Nc2ncccn2)[C@@H](C)[C@@H]1C1CC1. The van der Waals surface area contributed by atoms with Crippen LogP contribution in [0.25, 0.3) is 0 Å². The van der Waals surface area contributed by atoms with Gasteiger partial charge in [0.1, 0.15) is 0 Å². The molecule has 4 aliphatic rings. The van der Waals surface area contributed by atoms with E-state index in [0.717, 1.165) is 24.1 Å². The Hall–Kier alpha value is -2.74. The quantitative estimate of drug-likeness (QED) is 0.751. The Bertz CT molecular complexity index is 922. The number of rotatable bonds is 5. The fraction of sp³-hybridized carbons (Fsp3) is 0.565. The molecule has 3 fully saturated rings. The van der Waals surface area contributed by atoms with Gasteiger partial charge >= 0.3 is 0 Å². The zero-order chi connectivity index (χ0) is 21.5. The van der Waals surface area contributed by atoms with Gasteiger partial charge in [-0.05, 0) is 43.2 Å². The lowest BCUT2D eigenvalue weighted by Crippen LogP contribution is -2.59. The summed E-state index contributed by atoms with van der Waals surface area (Å²) in [5.74, 6) is 1.31. The summed E-state index contributed by atoms with van der Waals surface area (Å²) < 4.78 is 5.17. The van der Waals surface area contributed by atoms with Gasteiger partial charge in [0.25, 0.3) is 0 Å². The van der Waals surface area contributed by atoms with E-state index in [4.69, 9.17) is 4.74 Å². The predicted octanol–water partition coefficient (Wildman–Crippen LogP) is 1.88. The summed E-state index contributed by atoms with van der Waals surface area (Å²) in [6.45, 7) is 4.99. The number of anilines is 1. The third-order valence-electron chi connectivity index (χ3n) is 6.96. The first-order chi connectivity index (χ1) is 15.0. The lowest BCUT2D eigenvalue weighted by atomic mass is 9.71. The first-order valence-corrected chi connectivity index (χ1v) is 11.2. The fourth-order valence-corrected chi connectivity index (χ4v) is 5.26. The number of nitrogens with zero attached hydrogens (tertiary/aromatic N) is 3. The minimum absolute atomic E-state index is 0.0129. The van der Waals surface area contributed by atoms with Gasteiger partial charge in [-0.2, -0.15) is 0 Å². The van der Waals surface area contributed by atoms with Crippen LogP contribution in [0.3, 0.4) is 0 Å². The number of allylic oxidation sites excluding steroid dienone is 2. The molecule has 2 N–H and O–H groups in total. The minimum Gasteiger partial charge on any atom is -0.377 e. The third kappa shape index (κ3) is 3.84. The van der Waals surface area contributed by atoms with Crippen molar-refractivity contribution in [2.24, 2.45) is 17.8 Å². The molecule has 3 heterocycles. The second kappa shape index (κ2) is 8.07. The van der Waals surface area contributed by atoms with Crippen molar-refractivity contribution in [3.8, 4) is 0 Å². The number of hydrogen-bond donors (Lipinski definition) is 2. The normalized spacial score (nSPS) is 30.5. The summed E-state index contributed by atoms with van der Waals surface area (Å²) in [5.41, 5.74) is 1.74. The van der Waals surface area contributed by atoms with Gasteiger partial charge in [-0.15, -0.1) is 0 Å². The second-order valence-electron chi connectivity index (χ2n) is 9.12. The first-order valence-electron chi connectivity index (χ1n) is 11.2. The minimum atomic E-state index is -0.0512. The number of carbonyl (C=O) groups is 2. The van der Waals surface area contributed by atoms with Gasteiger partial charge in [0, 0.05) is 48.6 Å². The molecule has 0 spiro atoms. The number of fused-ring (bicyclic) bond motifs is 1. The number of piperidine rings is 1. The van der Waals surface area contributed by atoms with E-state index < -0.39 is 0 Å². The van der Waals surface area contributed by atoms with Crippen LogP contribution in [0.4, 0.5) is 5.95 Å². The number of hydrogen-bond acceptors (Lipinski definition) is 6. The van der Waals surface area contributed by atoms with Crippen molar-refractivity contribution < 1.29 is 14.3 Å². The van der Waals surface area contributed by atoms with Crippen LogP contribution in [0, 0.1) is 17.8 Å². The summed E-state index contributed by atoms with van der Waals surface area (Å²) in [6, 6.07) is 2.06. The molecule has 8 heteroatoms. The Labute approximate surface area is 182 Å². The van der Waals surface area contributed by atoms with Crippen LogP contribution in [-0.2, 0) is 14.3 Å². The van der Waals surface area contributed by atoms with Crippen molar-refractivity contribution in [1.82, 2.24) is 20.2 Å². The van der Waals surface area contributed by atoms with Crippen LogP contribution in [0.15, 0.2) is 41.9 Å². The number of carbonyl (C=O) groups excluding carboxylic acids is 2. The molecule has 1 aromatic heterocycles. The zero-order valence-electron chi connectivity index (χ0n) is 18.0. The molecule has 1 aromatic rings. The van der Waals surface area contributed by atoms with Crippen LogP contribution in [0.1, 0.15) is 33.1 Å². The van der Waals surface area contributed by atoms with E-state index in [0.29, 0.717) is 31.5 Å². The van der Waals surface area contributed by atoms with E-state index in [1.807, 2.05) is 17.1 Å². The van der Waals surface area contributed by atoms with E-state index >= 15 is 0 Å². The van der Waals surface area contributed by atoms with Gasteiger partial charge in [0.05, 0.1) is 19.3 Å². The summed E-state index contributed by atoms with van der Waals surface area (Å²) >= 11 is 0. The van der Waals surface area contributed by atoms with E-state index in [-0.39, 0.29) is 41.8 Å². The van der Waals surface area contributed by atoms with Crippen molar-refractivity contribution in [3.05, 3.63) is 41.9 Å². The zero-order valence-corrected chi connectivity index (χ0v) is 18.0. The largest absolute Gasteiger partial charge is 0.377 e. The Balaban J connectivity index is 1.47. The Morgan fingerprint density at radius 2 is 1.90 bits per heavy atom. The van der Waals surface area contributed by atoms with Crippen molar-refractivity contribution in [2.75, 3.05) is 18.5 Å². The highest BCUT2D eigenvalue weighted by molar-refractivity contribution is 5.94. The smallest absolute Gasteiger partial charge is 0.247 e. The second-order valence-corrected chi connectivity index (χ2v) is 9.12. The van der Waals surface area contributed by atoms with Gasteiger partial charge in [-0.25, -0.2) is 9.97 Å². The average molecular weight is 424 g/mol. The van der Waals surface area contributed by atoms with Gasteiger partial charge < -0.3 is 20.3 Å². The summed E-state index contributed by atoms with van der Waals surface area (Å²) in [7, 11) is 0. The molecule has 1 saturated carbocycles. The van der Waals surface area contributed by atoms with Crippen LogP contribution in [0.2, 0.25) is 0 Å². The lowest BCUT2D eigenvalue weighted by Gasteiger charge is -2.51. The molecule has 4 atom stereocenters. The van der Waals surface area contributed by atoms with E-state index in [1.54, 1.807) is 25.4 Å². The molecule has 31 heavy (non-hydrogen) atoms. The number of amides is 2. The predicted molar refractivity (Wildman–Crippen MR) is 115 cm³/mol. The van der Waals surface area contributed by atoms with Crippen LogP contribution < -0.4 is 10.6 Å². The summed E-state index contributed by atoms with van der Waals surface area (Å²) in [4.78, 5) is 36.3. The topological polar surface area (TPSA) is 96.5 Å². The molecule has 0 radical (unpaired) electrons. The van der Waals surface area contributed by atoms with Crippen LogP contribution >= 0.6 is 0 Å². The Kier molecular flexibility index (Phi) is 5.25. The molecule has 5 rings (SSSR count). The lowest BCUT2D eigenvalue weighted by molar-refractivity contribution is -0.132. The maximum absolute atomic E-state index is 12.8. The molecule has 1 unspecified atom stereocenters. The fourth-order valence-electron chi connectivity index (χ4n) is 5.26. The highest BCUT2D eigenvalue weighted by Gasteiger charge is 2.51. The maximum Gasteiger partial charge on any atom is 0.247 e. The molecule has 2 aliphatic carbocycles. The molecule has 2 amide bonds. The monoisotopic (exact) mass is 423 g/mol. The van der Waals surface area contributed by atoms with Gasteiger partial charge in [0.15, 0.2) is 0 Å². The highest BCUT2D eigenvalue weighted by Crippen LogP contribution is 2.49. The molecule has 0 aromatic carbocycles. The van der Waals surface area contributed by atoms with E-state index in [2.05, 4.69) is 27.5 Å². The van der Waals surface area contributed by atoms with Crippen molar-refractivity contribution in [3.63, 3.8) is 0 Å². The Morgan fingerprint density at radius 1 is 1.16 bits per heavy atom. The Morgan fingerprint density at radius 3 is 2.52 bits per heavy atom. The average Bonchev–Trinajstić information content (AvgIpc) is 3.57. The number of nitrogens with one attached hydrogen (secondary N) is 2. The van der Waals surface area contributed by atoms with Crippen molar-refractivity contribution >= 4 is 17.8 Å². The molecule has 2 saturated heterocycles. The molecule has 0 bridgehead atoms. The summed E-state index contributed by atoms with van der Waals surface area (Å²) in [5, 5.41) is 6.59. The molecule has 8 nitrogen and oxygen atoms in total.